The Morgan fingerprint density at radius 3 is 2.26 bits per heavy atom. The van der Waals surface area contributed by atoms with E-state index in [1.165, 1.54) is 6.07 Å². The van der Waals surface area contributed by atoms with Gasteiger partial charge in [0.25, 0.3) is 0 Å². The third-order valence-electron chi connectivity index (χ3n) is 5.99. The number of aromatic carboxylic acids is 1. The number of carboxylic acid groups (broad SMARTS) is 1. The summed E-state index contributed by atoms with van der Waals surface area (Å²) in [6.07, 6.45) is 0.0283. The van der Waals surface area contributed by atoms with Crippen LogP contribution >= 0.6 is 15.9 Å². The van der Waals surface area contributed by atoms with Gasteiger partial charge >= 0.3 is 12.1 Å². The Bertz CT molecular complexity index is 1230. The normalized spacial score (nSPS) is 12.9. The molecular formula is C27H25BrN2O5. The average molecular weight is 537 g/mol. The number of nitrogens with one attached hydrogen (secondary N) is 2. The molecule has 0 saturated carbocycles. The van der Waals surface area contributed by atoms with Crippen LogP contribution in [0.5, 0.6) is 0 Å². The molecule has 3 aromatic rings. The zero-order chi connectivity index (χ0) is 24.9. The van der Waals surface area contributed by atoms with E-state index in [1.807, 2.05) is 24.3 Å². The maximum atomic E-state index is 12.4. The Labute approximate surface area is 211 Å². The van der Waals surface area contributed by atoms with E-state index in [4.69, 9.17) is 4.74 Å². The molecule has 0 spiro atoms. The van der Waals surface area contributed by atoms with E-state index in [9.17, 15) is 19.5 Å². The molecule has 1 aliphatic rings. The Morgan fingerprint density at radius 2 is 1.63 bits per heavy atom. The van der Waals surface area contributed by atoms with E-state index in [2.05, 4.69) is 50.8 Å². The molecule has 0 aromatic heterocycles. The van der Waals surface area contributed by atoms with E-state index in [0.717, 1.165) is 22.3 Å². The van der Waals surface area contributed by atoms with Gasteiger partial charge in [0, 0.05) is 28.5 Å². The minimum atomic E-state index is -1.09. The molecule has 8 heteroatoms. The fraction of sp³-hybridized carbons (Fsp3) is 0.222. The van der Waals surface area contributed by atoms with Gasteiger partial charge in [-0.1, -0.05) is 48.5 Å². The van der Waals surface area contributed by atoms with E-state index < -0.39 is 12.1 Å². The lowest BCUT2D eigenvalue weighted by Crippen LogP contribution is -2.34. The number of fused-ring (bicyclic) bond motifs is 3. The van der Waals surface area contributed by atoms with Crippen LogP contribution in [-0.2, 0) is 9.53 Å². The van der Waals surface area contributed by atoms with Gasteiger partial charge in [-0.2, -0.15) is 0 Å². The molecule has 0 aliphatic heterocycles. The molecule has 1 aliphatic carbocycles. The summed E-state index contributed by atoms with van der Waals surface area (Å²) in [5, 5.41) is 14.7. The molecule has 4 rings (SSSR count). The van der Waals surface area contributed by atoms with Crippen LogP contribution in [0.2, 0.25) is 0 Å². The van der Waals surface area contributed by atoms with E-state index >= 15 is 0 Å². The fourth-order valence-electron chi connectivity index (χ4n) is 4.25. The molecule has 180 valence electrons. The van der Waals surface area contributed by atoms with E-state index in [-0.39, 0.29) is 36.5 Å². The van der Waals surface area contributed by atoms with Crippen LogP contribution in [0.25, 0.3) is 11.1 Å². The van der Waals surface area contributed by atoms with Crippen molar-refractivity contribution >= 4 is 39.6 Å². The van der Waals surface area contributed by atoms with Gasteiger partial charge in [0.15, 0.2) is 0 Å². The second-order valence-electron chi connectivity index (χ2n) is 8.46. The molecule has 3 N–H and O–H groups in total. The number of anilines is 1. The molecule has 3 aromatic carbocycles. The molecule has 0 radical (unpaired) electrons. The summed E-state index contributed by atoms with van der Waals surface area (Å²) in [6, 6.07) is 20.6. The highest BCUT2D eigenvalue weighted by Crippen LogP contribution is 2.44. The van der Waals surface area contributed by atoms with Crippen molar-refractivity contribution in [3.8, 4) is 11.1 Å². The summed E-state index contributed by atoms with van der Waals surface area (Å²) < 4.78 is 5.98. The third kappa shape index (κ3) is 5.71. The maximum absolute atomic E-state index is 12.4. The minimum absolute atomic E-state index is 0.0177. The molecule has 0 saturated heterocycles. The first-order valence-electron chi connectivity index (χ1n) is 11.3. The number of carbonyl (C=O) groups is 3. The first-order chi connectivity index (χ1) is 16.8. The lowest BCUT2D eigenvalue weighted by Gasteiger charge is -2.17. The topological polar surface area (TPSA) is 105 Å². The predicted molar refractivity (Wildman–Crippen MR) is 137 cm³/mol. The maximum Gasteiger partial charge on any atom is 0.407 e. The Kier molecular flexibility index (Phi) is 7.51. The number of halogens is 1. The summed E-state index contributed by atoms with van der Waals surface area (Å²) in [5.41, 5.74) is 5.08. The fourth-order valence-corrected chi connectivity index (χ4v) is 4.67. The van der Waals surface area contributed by atoms with Crippen molar-refractivity contribution in [3.05, 3.63) is 87.9 Å². The van der Waals surface area contributed by atoms with Crippen molar-refractivity contribution in [1.82, 2.24) is 5.32 Å². The lowest BCUT2D eigenvalue weighted by molar-refractivity contribution is -0.116. The van der Waals surface area contributed by atoms with Crippen LogP contribution in [0, 0.1) is 0 Å². The van der Waals surface area contributed by atoms with Gasteiger partial charge in [-0.3, -0.25) is 4.79 Å². The zero-order valence-corrected chi connectivity index (χ0v) is 20.7. The molecule has 1 unspecified atom stereocenters. The molecule has 35 heavy (non-hydrogen) atoms. The van der Waals surface area contributed by atoms with Gasteiger partial charge in [0.05, 0.1) is 5.56 Å². The van der Waals surface area contributed by atoms with Gasteiger partial charge in [-0.25, -0.2) is 9.59 Å². The van der Waals surface area contributed by atoms with Crippen molar-refractivity contribution in [2.45, 2.75) is 31.7 Å². The molecule has 7 nitrogen and oxygen atoms in total. The molecule has 0 fully saturated rings. The number of carboxylic acids is 1. The first-order valence-corrected chi connectivity index (χ1v) is 12.1. The highest BCUT2D eigenvalue weighted by Gasteiger charge is 2.29. The molecule has 2 amide bonds. The Hall–Kier alpha value is -3.65. The molecular weight excluding hydrogens is 512 g/mol. The van der Waals surface area contributed by atoms with Gasteiger partial charge in [0.2, 0.25) is 5.91 Å². The van der Waals surface area contributed by atoms with Crippen molar-refractivity contribution in [2.24, 2.45) is 0 Å². The number of amides is 2. The van der Waals surface area contributed by atoms with Crippen LogP contribution < -0.4 is 10.6 Å². The second kappa shape index (κ2) is 10.7. The summed E-state index contributed by atoms with van der Waals surface area (Å²) in [5.74, 6) is -1.38. The SMILES string of the molecule is CC(CCC(=O)Nc1ccc(Br)c(C(=O)O)c1)NC(=O)OCC1c2ccccc2-c2ccccc21. The smallest absolute Gasteiger partial charge is 0.407 e. The number of benzene rings is 3. The van der Waals surface area contributed by atoms with Crippen molar-refractivity contribution < 1.29 is 24.2 Å². The number of hydrogen-bond acceptors (Lipinski definition) is 4. The van der Waals surface area contributed by atoms with Crippen LogP contribution in [-0.4, -0.2) is 35.7 Å². The molecule has 0 bridgehead atoms. The number of hydrogen-bond donors (Lipinski definition) is 3. The minimum Gasteiger partial charge on any atom is -0.478 e. The molecule has 0 heterocycles. The highest BCUT2D eigenvalue weighted by atomic mass is 79.9. The number of carbonyl (C=O) groups excluding carboxylic acids is 2. The number of ether oxygens (including phenoxy) is 1. The molecule has 1 atom stereocenters. The summed E-state index contributed by atoms with van der Waals surface area (Å²) in [7, 11) is 0. The van der Waals surface area contributed by atoms with Crippen molar-refractivity contribution in [2.75, 3.05) is 11.9 Å². The lowest BCUT2D eigenvalue weighted by atomic mass is 9.98. The summed E-state index contributed by atoms with van der Waals surface area (Å²) in [6.45, 7) is 2.03. The standard InChI is InChI=1S/C27H25BrN2O5/c1-16(10-13-25(31)30-17-11-12-24(28)22(14-17)26(32)33)29-27(34)35-15-23-20-8-4-2-6-18(20)19-7-3-5-9-21(19)23/h2-9,11-12,14,16,23H,10,13,15H2,1H3,(H,29,34)(H,30,31)(H,32,33). The van der Waals surface area contributed by atoms with Gasteiger partial charge in [-0.05, 0) is 69.7 Å². The van der Waals surface area contributed by atoms with Crippen LogP contribution in [0.3, 0.4) is 0 Å². The van der Waals surface area contributed by atoms with Gasteiger partial charge < -0.3 is 20.5 Å². The highest BCUT2D eigenvalue weighted by molar-refractivity contribution is 9.10. The largest absolute Gasteiger partial charge is 0.478 e. The van der Waals surface area contributed by atoms with Crippen LogP contribution in [0.4, 0.5) is 10.5 Å². The summed E-state index contributed by atoms with van der Waals surface area (Å²) >= 11 is 3.17. The first kappa shape index (κ1) is 24.5. The third-order valence-corrected chi connectivity index (χ3v) is 6.68. The second-order valence-corrected chi connectivity index (χ2v) is 9.31. The van der Waals surface area contributed by atoms with Crippen molar-refractivity contribution in [3.63, 3.8) is 0 Å². The Morgan fingerprint density at radius 1 is 1.00 bits per heavy atom. The van der Waals surface area contributed by atoms with Gasteiger partial charge in [0.1, 0.15) is 6.61 Å². The monoisotopic (exact) mass is 536 g/mol. The van der Waals surface area contributed by atoms with Crippen LogP contribution in [0.1, 0.15) is 47.2 Å². The summed E-state index contributed by atoms with van der Waals surface area (Å²) in [4.78, 5) is 35.9. The predicted octanol–water partition coefficient (Wildman–Crippen LogP) is 5.79. The Balaban J connectivity index is 1.26. The van der Waals surface area contributed by atoms with E-state index in [1.54, 1.807) is 19.1 Å². The van der Waals surface area contributed by atoms with Gasteiger partial charge in [-0.15, -0.1) is 0 Å². The number of rotatable bonds is 8. The van der Waals surface area contributed by atoms with Crippen LogP contribution in [0.15, 0.2) is 71.2 Å². The van der Waals surface area contributed by atoms with E-state index in [0.29, 0.717) is 16.6 Å². The van der Waals surface area contributed by atoms with Crippen molar-refractivity contribution in [1.29, 1.82) is 0 Å². The number of alkyl carbamates (subject to hydrolysis) is 1. The quantitative estimate of drug-likeness (QED) is 0.337. The zero-order valence-electron chi connectivity index (χ0n) is 19.1. The average Bonchev–Trinajstić information content (AvgIpc) is 3.16.